The number of hydrogen-bond donors (Lipinski definition) is 0. The van der Waals surface area contributed by atoms with Crippen LogP contribution in [0.2, 0.25) is 0 Å². The van der Waals surface area contributed by atoms with Crippen LogP contribution in [0, 0.1) is 0 Å². The van der Waals surface area contributed by atoms with Gasteiger partial charge in [0, 0.05) is 18.7 Å². The molecule has 78 valence electrons. The standard InChI is InChI=1S/C11H11BrN2O/c12-10-2-1-3-11-13-9(6-14(10)11)8-4-5-15-7-8/h1-3,6,8H,4-5,7H2. The molecule has 1 unspecified atom stereocenters. The van der Waals surface area contributed by atoms with Gasteiger partial charge in [-0.2, -0.15) is 0 Å². The zero-order valence-electron chi connectivity index (χ0n) is 8.19. The molecule has 0 aliphatic carbocycles. The molecule has 3 rings (SSSR count). The lowest BCUT2D eigenvalue weighted by Crippen LogP contribution is -1.96. The third kappa shape index (κ3) is 1.58. The molecular formula is C11H11BrN2O. The lowest BCUT2D eigenvalue weighted by atomic mass is 10.1. The molecule has 0 radical (unpaired) electrons. The average molecular weight is 267 g/mol. The lowest BCUT2D eigenvalue weighted by Gasteiger charge is -2.00. The monoisotopic (exact) mass is 266 g/mol. The molecule has 0 bridgehead atoms. The Morgan fingerprint density at radius 1 is 1.47 bits per heavy atom. The van der Waals surface area contributed by atoms with Gasteiger partial charge in [-0.3, -0.25) is 4.40 Å². The Labute approximate surface area is 96.2 Å². The summed E-state index contributed by atoms with van der Waals surface area (Å²) in [5.74, 6) is 0.469. The van der Waals surface area contributed by atoms with Crippen molar-refractivity contribution in [2.75, 3.05) is 13.2 Å². The van der Waals surface area contributed by atoms with Crippen LogP contribution in [0.15, 0.2) is 29.0 Å². The van der Waals surface area contributed by atoms with Crippen molar-refractivity contribution in [1.29, 1.82) is 0 Å². The van der Waals surface area contributed by atoms with Crippen LogP contribution in [0.1, 0.15) is 18.0 Å². The van der Waals surface area contributed by atoms with E-state index in [4.69, 9.17) is 4.74 Å². The quantitative estimate of drug-likeness (QED) is 0.742. The van der Waals surface area contributed by atoms with Crippen molar-refractivity contribution in [2.45, 2.75) is 12.3 Å². The summed E-state index contributed by atoms with van der Waals surface area (Å²) in [7, 11) is 0. The maximum Gasteiger partial charge on any atom is 0.137 e. The van der Waals surface area contributed by atoms with Gasteiger partial charge < -0.3 is 4.74 Å². The van der Waals surface area contributed by atoms with Crippen molar-refractivity contribution < 1.29 is 4.74 Å². The highest BCUT2D eigenvalue weighted by molar-refractivity contribution is 9.10. The van der Waals surface area contributed by atoms with Gasteiger partial charge >= 0.3 is 0 Å². The van der Waals surface area contributed by atoms with Crippen molar-refractivity contribution in [3.63, 3.8) is 0 Å². The van der Waals surface area contributed by atoms with Gasteiger partial charge in [-0.25, -0.2) is 4.98 Å². The zero-order chi connectivity index (χ0) is 10.3. The molecule has 3 nitrogen and oxygen atoms in total. The van der Waals surface area contributed by atoms with Crippen LogP contribution in [0.3, 0.4) is 0 Å². The minimum atomic E-state index is 0.469. The maximum atomic E-state index is 5.38. The van der Waals surface area contributed by atoms with Gasteiger partial charge in [-0.1, -0.05) is 6.07 Å². The van der Waals surface area contributed by atoms with E-state index in [0.717, 1.165) is 35.6 Å². The molecule has 1 aliphatic heterocycles. The number of rotatable bonds is 1. The van der Waals surface area contributed by atoms with E-state index in [-0.39, 0.29) is 0 Å². The smallest absolute Gasteiger partial charge is 0.137 e. The van der Waals surface area contributed by atoms with Gasteiger partial charge in [-0.15, -0.1) is 0 Å². The minimum Gasteiger partial charge on any atom is -0.381 e. The number of ether oxygens (including phenoxy) is 1. The van der Waals surface area contributed by atoms with E-state index >= 15 is 0 Å². The normalized spacial score (nSPS) is 21.3. The number of aromatic nitrogens is 2. The van der Waals surface area contributed by atoms with Gasteiger partial charge in [0.05, 0.1) is 16.9 Å². The third-order valence-electron chi connectivity index (χ3n) is 2.81. The molecule has 2 aromatic heterocycles. The van der Waals surface area contributed by atoms with Gasteiger partial charge in [0.1, 0.15) is 5.65 Å². The van der Waals surface area contributed by atoms with E-state index in [2.05, 4.69) is 31.5 Å². The van der Waals surface area contributed by atoms with E-state index in [1.54, 1.807) is 0 Å². The molecule has 1 aliphatic rings. The lowest BCUT2D eigenvalue weighted by molar-refractivity contribution is 0.193. The summed E-state index contributed by atoms with van der Waals surface area (Å²) in [6.45, 7) is 1.67. The van der Waals surface area contributed by atoms with Gasteiger partial charge in [0.15, 0.2) is 0 Å². The Morgan fingerprint density at radius 3 is 3.13 bits per heavy atom. The molecule has 1 fully saturated rings. The van der Waals surface area contributed by atoms with Crippen LogP contribution in [0.25, 0.3) is 5.65 Å². The minimum absolute atomic E-state index is 0.469. The fourth-order valence-electron chi connectivity index (χ4n) is 1.96. The highest BCUT2D eigenvalue weighted by atomic mass is 79.9. The first-order valence-electron chi connectivity index (χ1n) is 5.06. The molecule has 0 saturated carbocycles. The highest BCUT2D eigenvalue weighted by Gasteiger charge is 2.20. The second-order valence-electron chi connectivity index (χ2n) is 3.80. The molecule has 1 saturated heterocycles. The molecule has 0 amide bonds. The van der Waals surface area contributed by atoms with E-state index in [1.165, 1.54) is 0 Å². The summed E-state index contributed by atoms with van der Waals surface area (Å²) in [4.78, 5) is 4.61. The van der Waals surface area contributed by atoms with Crippen LogP contribution in [-0.4, -0.2) is 22.6 Å². The van der Waals surface area contributed by atoms with Crippen molar-refractivity contribution >= 4 is 21.6 Å². The summed E-state index contributed by atoms with van der Waals surface area (Å²) in [6.07, 6.45) is 3.18. The summed E-state index contributed by atoms with van der Waals surface area (Å²) in [5, 5.41) is 0. The van der Waals surface area contributed by atoms with Crippen LogP contribution in [0.5, 0.6) is 0 Å². The second-order valence-corrected chi connectivity index (χ2v) is 4.62. The van der Waals surface area contributed by atoms with Crippen LogP contribution >= 0.6 is 15.9 Å². The van der Waals surface area contributed by atoms with Crippen molar-refractivity contribution in [3.8, 4) is 0 Å². The Bertz CT molecular complexity index is 488. The molecule has 2 aromatic rings. The number of halogens is 1. The molecule has 15 heavy (non-hydrogen) atoms. The van der Waals surface area contributed by atoms with Crippen LogP contribution in [0.4, 0.5) is 0 Å². The molecule has 3 heterocycles. The van der Waals surface area contributed by atoms with Gasteiger partial charge in [0.2, 0.25) is 0 Å². The third-order valence-corrected chi connectivity index (χ3v) is 3.46. The topological polar surface area (TPSA) is 26.5 Å². The predicted octanol–water partition coefficient (Wildman–Crippen LogP) is 2.60. The Balaban J connectivity index is 2.09. The average Bonchev–Trinajstić information content (AvgIpc) is 2.86. The first kappa shape index (κ1) is 9.36. The van der Waals surface area contributed by atoms with Crippen LogP contribution in [-0.2, 0) is 4.74 Å². The zero-order valence-corrected chi connectivity index (χ0v) is 9.77. The number of nitrogens with zero attached hydrogens (tertiary/aromatic N) is 2. The van der Waals surface area contributed by atoms with E-state index < -0.39 is 0 Å². The maximum absolute atomic E-state index is 5.38. The Morgan fingerprint density at radius 2 is 2.40 bits per heavy atom. The van der Waals surface area contributed by atoms with E-state index in [0.29, 0.717) is 5.92 Å². The summed E-state index contributed by atoms with van der Waals surface area (Å²) in [6, 6.07) is 6.04. The summed E-state index contributed by atoms with van der Waals surface area (Å²) in [5.41, 5.74) is 2.13. The first-order valence-corrected chi connectivity index (χ1v) is 5.85. The molecule has 0 spiro atoms. The summed E-state index contributed by atoms with van der Waals surface area (Å²) >= 11 is 3.51. The molecule has 0 aromatic carbocycles. The summed E-state index contributed by atoms with van der Waals surface area (Å²) < 4.78 is 8.48. The Kier molecular flexibility index (Phi) is 2.25. The SMILES string of the molecule is Brc1cccc2nc(C3CCOC3)cn12. The molecule has 4 heteroatoms. The number of fused-ring (bicyclic) bond motifs is 1. The largest absolute Gasteiger partial charge is 0.381 e. The molecule has 0 N–H and O–H groups in total. The van der Waals surface area contributed by atoms with Crippen molar-refractivity contribution in [2.24, 2.45) is 0 Å². The molecule has 1 atom stereocenters. The fraction of sp³-hybridized carbons (Fsp3) is 0.364. The number of pyridine rings is 1. The fourth-order valence-corrected chi connectivity index (χ4v) is 2.40. The first-order chi connectivity index (χ1) is 7.34. The van der Waals surface area contributed by atoms with Gasteiger partial charge in [-0.05, 0) is 34.5 Å². The van der Waals surface area contributed by atoms with Crippen molar-refractivity contribution in [1.82, 2.24) is 9.38 Å². The highest BCUT2D eigenvalue weighted by Crippen LogP contribution is 2.25. The van der Waals surface area contributed by atoms with E-state index in [1.807, 2.05) is 18.2 Å². The molecular weight excluding hydrogens is 256 g/mol. The number of imidazole rings is 1. The van der Waals surface area contributed by atoms with Crippen molar-refractivity contribution in [3.05, 3.63) is 34.7 Å². The Hall–Kier alpha value is -0.870. The van der Waals surface area contributed by atoms with Crippen LogP contribution < -0.4 is 0 Å². The second kappa shape index (κ2) is 3.61. The number of hydrogen-bond acceptors (Lipinski definition) is 2. The van der Waals surface area contributed by atoms with E-state index in [9.17, 15) is 0 Å². The van der Waals surface area contributed by atoms with Gasteiger partial charge in [0.25, 0.3) is 0 Å². The predicted molar refractivity (Wildman–Crippen MR) is 61.1 cm³/mol.